The maximum atomic E-state index is 12.6. The number of likely N-dealkylation sites (tertiary alicyclic amines) is 1. The predicted molar refractivity (Wildman–Crippen MR) is 94.4 cm³/mol. The molecule has 0 N–H and O–H groups in total. The van der Waals surface area contributed by atoms with E-state index in [2.05, 4.69) is 20.1 Å². The van der Waals surface area contributed by atoms with Gasteiger partial charge in [0.25, 0.3) is 11.8 Å². The van der Waals surface area contributed by atoms with Crippen LogP contribution in [-0.4, -0.2) is 44.0 Å². The van der Waals surface area contributed by atoms with E-state index >= 15 is 0 Å². The van der Waals surface area contributed by atoms with Crippen molar-refractivity contribution in [3.05, 3.63) is 59.9 Å². The number of aryl methyl sites for hydroxylation is 1. The number of pyridine rings is 2. The van der Waals surface area contributed by atoms with Crippen molar-refractivity contribution in [2.75, 3.05) is 13.1 Å². The van der Waals surface area contributed by atoms with Crippen LogP contribution in [0.5, 0.6) is 0 Å². The van der Waals surface area contributed by atoms with Crippen molar-refractivity contribution in [1.29, 1.82) is 0 Å². The van der Waals surface area contributed by atoms with Gasteiger partial charge in [-0.3, -0.25) is 14.8 Å². The van der Waals surface area contributed by atoms with Crippen LogP contribution < -0.4 is 0 Å². The molecule has 0 spiro atoms. The van der Waals surface area contributed by atoms with Gasteiger partial charge in [0.1, 0.15) is 0 Å². The molecular weight excluding hydrogens is 330 g/mol. The maximum Gasteiger partial charge on any atom is 0.259 e. The summed E-state index contributed by atoms with van der Waals surface area (Å²) in [7, 11) is 0. The molecule has 7 heteroatoms. The number of amides is 1. The van der Waals surface area contributed by atoms with Gasteiger partial charge < -0.3 is 9.42 Å². The lowest BCUT2D eigenvalue weighted by Crippen LogP contribution is -2.38. The molecule has 0 aromatic carbocycles. The summed E-state index contributed by atoms with van der Waals surface area (Å²) in [6, 6.07) is 7.42. The largest absolute Gasteiger partial charge is 0.339 e. The number of carbonyl (C=O) groups excluding carboxylic acids is 1. The van der Waals surface area contributed by atoms with Gasteiger partial charge in [0.2, 0.25) is 0 Å². The fourth-order valence-electron chi connectivity index (χ4n) is 3.12. The van der Waals surface area contributed by atoms with Gasteiger partial charge in [-0.25, -0.2) is 0 Å². The molecule has 7 nitrogen and oxygen atoms in total. The lowest BCUT2D eigenvalue weighted by Gasteiger charge is -2.30. The summed E-state index contributed by atoms with van der Waals surface area (Å²) in [5.41, 5.74) is 2.35. The van der Waals surface area contributed by atoms with E-state index in [4.69, 9.17) is 4.52 Å². The monoisotopic (exact) mass is 349 g/mol. The summed E-state index contributed by atoms with van der Waals surface area (Å²) in [6.07, 6.45) is 6.68. The van der Waals surface area contributed by atoms with E-state index in [1.54, 1.807) is 18.6 Å². The summed E-state index contributed by atoms with van der Waals surface area (Å²) in [4.78, 5) is 27.2. The topological polar surface area (TPSA) is 85.0 Å². The van der Waals surface area contributed by atoms with Gasteiger partial charge >= 0.3 is 0 Å². The average Bonchev–Trinajstić information content (AvgIpc) is 3.19. The molecule has 0 unspecified atom stereocenters. The van der Waals surface area contributed by atoms with Gasteiger partial charge in [-0.15, -0.1) is 0 Å². The minimum atomic E-state index is 0.0279. The Hall–Kier alpha value is -3.09. The van der Waals surface area contributed by atoms with Gasteiger partial charge in [-0.1, -0.05) is 5.16 Å². The van der Waals surface area contributed by atoms with Gasteiger partial charge in [0, 0.05) is 43.3 Å². The second-order valence-electron chi connectivity index (χ2n) is 6.45. The molecule has 4 heterocycles. The number of piperidine rings is 1. The normalized spacial score (nSPS) is 15.2. The zero-order chi connectivity index (χ0) is 17.9. The van der Waals surface area contributed by atoms with Gasteiger partial charge in [0.05, 0.1) is 11.1 Å². The van der Waals surface area contributed by atoms with E-state index in [9.17, 15) is 4.79 Å². The van der Waals surface area contributed by atoms with Crippen LogP contribution in [0.1, 0.15) is 40.6 Å². The van der Waals surface area contributed by atoms with Crippen LogP contribution in [0, 0.1) is 6.92 Å². The number of nitrogens with zero attached hydrogens (tertiary/aromatic N) is 5. The third-order valence-electron chi connectivity index (χ3n) is 4.66. The lowest BCUT2D eigenvalue weighted by atomic mass is 9.95. The van der Waals surface area contributed by atoms with Crippen molar-refractivity contribution in [1.82, 2.24) is 25.0 Å². The summed E-state index contributed by atoms with van der Waals surface area (Å²) in [6.45, 7) is 3.26. The molecule has 1 aliphatic rings. The van der Waals surface area contributed by atoms with Crippen molar-refractivity contribution in [3.63, 3.8) is 0 Å². The summed E-state index contributed by atoms with van der Waals surface area (Å²) in [5, 5.41) is 4.13. The van der Waals surface area contributed by atoms with E-state index in [-0.39, 0.29) is 11.8 Å². The van der Waals surface area contributed by atoms with Gasteiger partial charge in [-0.05, 0) is 44.0 Å². The zero-order valence-corrected chi connectivity index (χ0v) is 14.5. The van der Waals surface area contributed by atoms with Crippen molar-refractivity contribution >= 4 is 5.91 Å². The number of aromatic nitrogens is 4. The number of rotatable bonds is 3. The van der Waals surface area contributed by atoms with Crippen LogP contribution >= 0.6 is 0 Å². The van der Waals surface area contributed by atoms with Crippen LogP contribution in [0.2, 0.25) is 0 Å². The Labute approximate surface area is 151 Å². The van der Waals surface area contributed by atoms with Crippen molar-refractivity contribution in [3.8, 4) is 11.5 Å². The molecule has 0 atom stereocenters. The molecule has 1 amide bonds. The molecule has 1 saturated heterocycles. The fraction of sp³-hybridized carbons (Fsp3) is 0.316. The molecule has 3 aromatic rings. The predicted octanol–water partition coefficient (Wildman–Crippen LogP) is 2.85. The Morgan fingerprint density at radius 3 is 2.73 bits per heavy atom. The Balaban J connectivity index is 1.40. The van der Waals surface area contributed by atoms with Crippen molar-refractivity contribution in [2.45, 2.75) is 25.7 Å². The molecule has 0 aliphatic carbocycles. The maximum absolute atomic E-state index is 12.6. The Kier molecular flexibility index (Phi) is 4.43. The van der Waals surface area contributed by atoms with Crippen LogP contribution in [-0.2, 0) is 0 Å². The first-order chi connectivity index (χ1) is 12.7. The third kappa shape index (κ3) is 3.33. The minimum absolute atomic E-state index is 0.0279. The van der Waals surface area contributed by atoms with Gasteiger partial charge in [0.15, 0.2) is 5.82 Å². The van der Waals surface area contributed by atoms with Crippen molar-refractivity contribution < 1.29 is 9.32 Å². The second kappa shape index (κ2) is 7.03. The highest BCUT2D eigenvalue weighted by Crippen LogP contribution is 2.28. The third-order valence-corrected chi connectivity index (χ3v) is 4.66. The molecule has 4 rings (SSSR count). The quantitative estimate of drug-likeness (QED) is 0.723. The standard InChI is InChI=1S/C19H19N5O2/c1-13-4-5-16(12-21-13)19(25)24-9-6-14(7-10-24)17-22-18(26-23-17)15-3-2-8-20-11-15/h2-5,8,11-12,14H,6-7,9-10H2,1H3. The Morgan fingerprint density at radius 1 is 1.19 bits per heavy atom. The van der Waals surface area contributed by atoms with E-state index < -0.39 is 0 Å². The molecule has 0 bridgehead atoms. The first kappa shape index (κ1) is 16.4. The van der Waals surface area contributed by atoms with Crippen LogP contribution in [0.4, 0.5) is 0 Å². The molecule has 1 fully saturated rings. The lowest BCUT2D eigenvalue weighted by molar-refractivity contribution is 0.0710. The van der Waals surface area contributed by atoms with E-state index in [0.717, 1.165) is 24.1 Å². The summed E-state index contributed by atoms with van der Waals surface area (Å²) >= 11 is 0. The fourth-order valence-corrected chi connectivity index (χ4v) is 3.12. The molecule has 0 radical (unpaired) electrons. The molecule has 0 saturated carbocycles. The van der Waals surface area contributed by atoms with Gasteiger partial charge in [-0.2, -0.15) is 4.98 Å². The highest BCUT2D eigenvalue weighted by atomic mass is 16.5. The van der Waals surface area contributed by atoms with Crippen LogP contribution in [0.3, 0.4) is 0 Å². The van der Waals surface area contributed by atoms with E-state index in [0.29, 0.717) is 30.4 Å². The van der Waals surface area contributed by atoms with Crippen LogP contribution in [0.25, 0.3) is 11.5 Å². The SMILES string of the molecule is Cc1ccc(C(=O)N2CCC(c3noc(-c4cccnc4)n3)CC2)cn1. The molecular formula is C19H19N5O2. The molecule has 3 aromatic heterocycles. The van der Waals surface area contributed by atoms with Crippen molar-refractivity contribution in [2.24, 2.45) is 0 Å². The average molecular weight is 349 g/mol. The summed E-state index contributed by atoms with van der Waals surface area (Å²) < 4.78 is 5.37. The highest BCUT2D eigenvalue weighted by molar-refractivity contribution is 5.94. The minimum Gasteiger partial charge on any atom is -0.339 e. The number of hydrogen-bond donors (Lipinski definition) is 0. The molecule has 26 heavy (non-hydrogen) atoms. The van der Waals surface area contributed by atoms with E-state index in [1.165, 1.54) is 0 Å². The Bertz CT molecular complexity index is 884. The van der Waals surface area contributed by atoms with Crippen LogP contribution in [0.15, 0.2) is 47.4 Å². The van der Waals surface area contributed by atoms with E-state index in [1.807, 2.05) is 36.1 Å². The Morgan fingerprint density at radius 2 is 2.04 bits per heavy atom. The molecule has 1 aliphatic heterocycles. The number of hydrogen-bond acceptors (Lipinski definition) is 6. The highest BCUT2D eigenvalue weighted by Gasteiger charge is 2.27. The summed E-state index contributed by atoms with van der Waals surface area (Å²) in [5.74, 6) is 1.41. The second-order valence-corrected chi connectivity index (χ2v) is 6.45. The first-order valence-corrected chi connectivity index (χ1v) is 8.66. The first-order valence-electron chi connectivity index (χ1n) is 8.66. The smallest absolute Gasteiger partial charge is 0.259 e. The zero-order valence-electron chi connectivity index (χ0n) is 14.5. The number of carbonyl (C=O) groups is 1. The molecule has 132 valence electrons.